The quantitative estimate of drug-likeness (QED) is 0.766. The standard InChI is InChI=1S/C18H19NO2/c1-13-7-3-5-9-16(13)20-12-15-14-8-4-6-10-17(14)21-18(15)11-19-2/h3-10,19H,11-12H2,1-2H3. The Morgan fingerprint density at radius 1 is 1.05 bits per heavy atom. The van der Waals surface area contributed by atoms with Crippen LogP contribution in [0.3, 0.4) is 0 Å². The van der Waals surface area contributed by atoms with Gasteiger partial charge >= 0.3 is 0 Å². The molecule has 0 unspecified atom stereocenters. The highest BCUT2D eigenvalue weighted by molar-refractivity contribution is 5.82. The first-order chi connectivity index (χ1) is 10.3. The first-order valence-corrected chi connectivity index (χ1v) is 7.12. The van der Waals surface area contributed by atoms with E-state index in [-0.39, 0.29) is 0 Å². The fraction of sp³-hybridized carbons (Fsp3) is 0.222. The minimum atomic E-state index is 0.513. The molecular weight excluding hydrogens is 262 g/mol. The Morgan fingerprint density at radius 3 is 2.62 bits per heavy atom. The Bertz CT molecular complexity index is 746. The van der Waals surface area contributed by atoms with Gasteiger partial charge in [0.2, 0.25) is 0 Å². The molecule has 2 aromatic carbocycles. The van der Waals surface area contributed by atoms with Gasteiger partial charge in [0, 0.05) is 10.9 Å². The Labute approximate surface area is 124 Å². The lowest BCUT2D eigenvalue weighted by molar-refractivity contribution is 0.301. The molecule has 108 valence electrons. The Morgan fingerprint density at radius 2 is 1.81 bits per heavy atom. The molecule has 3 rings (SSSR count). The lowest BCUT2D eigenvalue weighted by Crippen LogP contribution is -2.07. The molecular formula is C18H19NO2. The van der Waals surface area contributed by atoms with Gasteiger partial charge in [-0.15, -0.1) is 0 Å². The summed E-state index contributed by atoms with van der Waals surface area (Å²) in [6.07, 6.45) is 0. The van der Waals surface area contributed by atoms with Gasteiger partial charge in [-0.05, 0) is 31.7 Å². The van der Waals surface area contributed by atoms with Crippen molar-refractivity contribution >= 4 is 11.0 Å². The molecule has 0 saturated heterocycles. The first kappa shape index (κ1) is 13.7. The predicted octanol–water partition coefficient (Wildman–Crippen LogP) is 4.04. The van der Waals surface area contributed by atoms with Crippen LogP contribution in [0.15, 0.2) is 52.9 Å². The molecule has 0 aliphatic rings. The van der Waals surface area contributed by atoms with E-state index >= 15 is 0 Å². The van der Waals surface area contributed by atoms with Crippen LogP contribution in [0.5, 0.6) is 5.75 Å². The average molecular weight is 281 g/mol. The van der Waals surface area contributed by atoms with Crippen LogP contribution in [0, 0.1) is 6.92 Å². The van der Waals surface area contributed by atoms with E-state index in [1.165, 1.54) is 0 Å². The SMILES string of the molecule is CNCc1oc2ccccc2c1COc1ccccc1C. The number of rotatable bonds is 5. The lowest BCUT2D eigenvalue weighted by Gasteiger charge is -2.09. The van der Waals surface area contributed by atoms with Gasteiger partial charge in [0.25, 0.3) is 0 Å². The summed E-state index contributed by atoms with van der Waals surface area (Å²) in [5, 5.41) is 4.27. The second-order valence-electron chi connectivity index (χ2n) is 5.08. The molecule has 3 aromatic rings. The summed E-state index contributed by atoms with van der Waals surface area (Å²) >= 11 is 0. The molecule has 1 aromatic heterocycles. The minimum Gasteiger partial charge on any atom is -0.488 e. The molecule has 3 nitrogen and oxygen atoms in total. The third kappa shape index (κ3) is 2.78. The number of furan rings is 1. The maximum Gasteiger partial charge on any atom is 0.134 e. The summed E-state index contributed by atoms with van der Waals surface area (Å²) in [4.78, 5) is 0. The summed E-state index contributed by atoms with van der Waals surface area (Å²) < 4.78 is 11.9. The van der Waals surface area contributed by atoms with E-state index in [2.05, 4.69) is 24.4 Å². The van der Waals surface area contributed by atoms with Gasteiger partial charge in [0.15, 0.2) is 0 Å². The highest BCUT2D eigenvalue weighted by Crippen LogP contribution is 2.27. The number of ether oxygens (including phenoxy) is 1. The predicted molar refractivity (Wildman–Crippen MR) is 84.5 cm³/mol. The third-order valence-corrected chi connectivity index (χ3v) is 3.58. The molecule has 0 bridgehead atoms. The van der Waals surface area contributed by atoms with Crippen LogP contribution < -0.4 is 10.1 Å². The zero-order valence-electron chi connectivity index (χ0n) is 12.3. The average Bonchev–Trinajstić information content (AvgIpc) is 2.84. The van der Waals surface area contributed by atoms with Gasteiger partial charge in [-0.2, -0.15) is 0 Å². The van der Waals surface area contributed by atoms with Crippen molar-refractivity contribution in [2.75, 3.05) is 7.05 Å². The normalized spacial score (nSPS) is 11.0. The van der Waals surface area contributed by atoms with Crippen molar-refractivity contribution in [3.05, 3.63) is 65.4 Å². The van der Waals surface area contributed by atoms with Gasteiger partial charge < -0.3 is 14.5 Å². The molecule has 0 saturated carbocycles. The maximum absolute atomic E-state index is 5.99. The van der Waals surface area contributed by atoms with E-state index in [4.69, 9.17) is 9.15 Å². The maximum atomic E-state index is 5.99. The fourth-order valence-corrected chi connectivity index (χ4v) is 2.48. The molecule has 0 aliphatic heterocycles. The van der Waals surface area contributed by atoms with Gasteiger partial charge in [0.05, 0.1) is 6.54 Å². The van der Waals surface area contributed by atoms with Crippen molar-refractivity contribution in [3.63, 3.8) is 0 Å². The number of benzene rings is 2. The van der Waals surface area contributed by atoms with Crippen LogP contribution in [0.25, 0.3) is 11.0 Å². The van der Waals surface area contributed by atoms with Crippen molar-refractivity contribution in [3.8, 4) is 5.75 Å². The minimum absolute atomic E-state index is 0.513. The first-order valence-electron chi connectivity index (χ1n) is 7.12. The molecule has 0 spiro atoms. The number of aryl methyl sites for hydroxylation is 1. The molecule has 1 heterocycles. The van der Waals surface area contributed by atoms with E-state index in [9.17, 15) is 0 Å². The van der Waals surface area contributed by atoms with Crippen LogP contribution in [-0.2, 0) is 13.2 Å². The topological polar surface area (TPSA) is 34.4 Å². The largest absolute Gasteiger partial charge is 0.488 e. The van der Waals surface area contributed by atoms with E-state index in [1.54, 1.807) is 0 Å². The van der Waals surface area contributed by atoms with Crippen molar-refractivity contribution in [2.45, 2.75) is 20.1 Å². The second-order valence-corrected chi connectivity index (χ2v) is 5.08. The number of fused-ring (bicyclic) bond motifs is 1. The Kier molecular flexibility index (Phi) is 3.93. The van der Waals surface area contributed by atoms with E-state index < -0.39 is 0 Å². The van der Waals surface area contributed by atoms with Crippen LogP contribution in [0.1, 0.15) is 16.9 Å². The van der Waals surface area contributed by atoms with E-state index in [0.717, 1.165) is 33.6 Å². The number of hydrogen-bond donors (Lipinski definition) is 1. The number of hydrogen-bond acceptors (Lipinski definition) is 3. The Balaban J connectivity index is 1.92. The summed E-state index contributed by atoms with van der Waals surface area (Å²) in [7, 11) is 1.92. The van der Waals surface area contributed by atoms with Gasteiger partial charge in [-0.25, -0.2) is 0 Å². The van der Waals surface area contributed by atoms with Crippen molar-refractivity contribution in [1.29, 1.82) is 0 Å². The molecule has 21 heavy (non-hydrogen) atoms. The highest BCUT2D eigenvalue weighted by Gasteiger charge is 2.14. The smallest absolute Gasteiger partial charge is 0.134 e. The van der Waals surface area contributed by atoms with Gasteiger partial charge in [0.1, 0.15) is 23.7 Å². The monoisotopic (exact) mass is 281 g/mol. The summed E-state index contributed by atoms with van der Waals surface area (Å²) in [5.41, 5.74) is 3.16. The lowest BCUT2D eigenvalue weighted by atomic mass is 10.1. The highest BCUT2D eigenvalue weighted by atomic mass is 16.5. The van der Waals surface area contributed by atoms with E-state index in [0.29, 0.717) is 13.2 Å². The van der Waals surface area contributed by atoms with Crippen LogP contribution >= 0.6 is 0 Å². The molecule has 0 fully saturated rings. The number of nitrogens with one attached hydrogen (secondary N) is 1. The van der Waals surface area contributed by atoms with E-state index in [1.807, 2.05) is 43.4 Å². The molecule has 0 atom stereocenters. The Hall–Kier alpha value is -2.26. The molecule has 0 aliphatic carbocycles. The fourth-order valence-electron chi connectivity index (χ4n) is 2.48. The van der Waals surface area contributed by atoms with Crippen LogP contribution in [-0.4, -0.2) is 7.05 Å². The zero-order chi connectivity index (χ0) is 14.7. The summed E-state index contributed by atoms with van der Waals surface area (Å²) in [6.45, 7) is 3.26. The van der Waals surface area contributed by atoms with Gasteiger partial charge in [-0.1, -0.05) is 36.4 Å². The third-order valence-electron chi connectivity index (χ3n) is 3.58. The summed E-state index contributed by atoms with van der Waals surface area (Å²) in [6, 6.07) is 16.1. The second kappa shape index (κ2) is 6.02. The van der Waals surface area contributed by atoms with Gasteiger partial charge in [-0.3, -0.25) is 0 Å². The number of para-hydroxylation sites is 2. The van der Waals surface area contributed by atoms with Crippen molar-refractivity contribution in [1.82, 2.24) is 5.32 Å². The van der Waals surface area contributed by atoms with Crippen LogP contribution in [0.2, 0.25) is 0 Å². The molecule has 1 N–H and O–H groups in total. The zero-order valence-corrected chi connectivity index (χ0v) is 12.3. The summed E-state index contributed by atoms with van der Waals surface area (Å²) in [5.74, 6) is 1.85. The van der Waals surface area contributed by atoms with Crippen LogP contribution in [0.4, 0.5) is 0 Å². The molecule has 3 heteroatoms. The molecule has 0 radical (unpaired) electrons. The van der Waals surface area contributed by atoms with Crippen molar-refractivity contribution in [2.24, 2.45) is 0 Å². The van der Waals surface area contributed by atoms with Crippen molar-refractivity contribution < 1.29 is 9.15 Å². The molecule has 0 amide bonds.